The van der Waals surface area contributed by atoms with E-state index in [-0.39, 0.29) is 30.3 Å². The fourth-order valence-electron chi connectivity index (χ4n) is 1.39. The number of carbonyl (C=O) groups is 1. The van der Waals surface area contributed by atoms with Gasteiger partial charge >= 0.3 is 5.97 Å². The molecule has 0 radical (unpaired) electrons. The predicted octanol–water partition coefficient (Wildman–Crippen LogP) is 0.993. The Labute approximate surface area is 96.5 Å². The molecule has 6 nitrogen and oxygen atoms in total. The minimum atomic E-state index is -1.01. The standard InChI is InChI=1S/C11H10N2O4/c14-8-4-2-1-3-7(8)5-10-12-9(13-17-10)6-11(15)16/h1-4,14H,5-6H2,(H,15,16). The highest BCUT2D eigenvalue weighted by Crippen LogP contribution is 2.18. The zero-order valence-electron chi connectivity index (χ0n) is 8.83. The Morgan fingerprint density at radius 3 is 2.82 bits per heavy atom. The molecule has 0 saturated carbocycles. The van der Waals surface area contributed by atoms with E-state index in [1.807, 2.05) is 0 Å². The first kappa shape index (κ1) is 11.1. The summed E-state index contributed by atoms with van der Waals surface area (Å²) in [6, 6.07) is 6.78. The van der Waals surface area contributed by atoms with E-state index in [2.05, 4.69) is 10.1 Å². The SMILES string of the molecule is O=C(O)Cc1noc(Cc2ccccc2O)n1. The number of aliphatic carboxylic acids is 1. The smallest absolute Gasteiger partial charge is 0.311 e. The van der Waals surface area contributed by atoms with Crippen LogP contribution < -0.4 is 0 Å². The van der Waals surface area contributed by atoms with Crippen molar-refractivity contribution >= 4 is 5.97 Å². The Kier molecular flexibility index (Phi) is 3.04. The molecule has 17 heavy (non-hydrogen) atoms. The van der Waals surface area contributed by atoms with Crippen molar-refractivity contribution in [3.63, 3.8) is 0 Å². The van der Waals surface area contributed by atoms with E-state index in [4.69, 9.17) is 9.63 Å². The quantitative estimate of drug-likeness (QED) is 0.818. The third kappa shape index (κ3) is 2.81. The molecule has 88 valence electrons. The summed E-state index contributed by atoms with van der Waals surface area (Å²) in [6.45, 7) is 0. The van der Waals surface area contributed by atoms with Gasteiger partial charge in [-0.1, -0.05) is 23.4 Å². The molecule has 1 heterocycles. The third-order valence-corrected chi connectivity index (χ3v) is 2.15. The lowest BCUT2D eigenvalue weighted by Gasteiger charge is -1.99. The molecule has 0 aliphatic carbocycles. The molecule has 1 aromatic heterocycles. The van der Waals surface area contributed by atoms with Crippen LogP contribution in [0.4, 0.5) is 0 Å². The summed E-state index contributed by atoms with van der Waals surface area (Å²) in [6.07, 6.45) is 0.00354. The number of phenolic OH excluding ortho intramolecular Hbond substituents is 1. The first-order valence-corrected chi connectivity index (χ1v) is 4.95. The zero-order chi connectivity index (χ0) is 12.3. The Morgan fingerprint density at radius 2 is 2.12 bits per heavy atom. The van der Waals surface area contributed by atoms with Crippen molar-refractivity contribution in [1.82, 2.24) is 10.1 Å². The summed E-state index contributed by atoms with van der Waals surface area (Å²) in [7, 11) is 0. The Hall–Kier alpha value is -2.37. The second-order valence-corrected chi connectivity index (χ2v) is 3.48. The Morgan fingerprint density at radius 1 is 1.35 bits per heavy atom. The fraction of sp³-hybridized carbons (Fsp3) is 0.182. The third-order valence-electron chi connectivity index (χ3n) is 2.15. The summed E-state index contributed by atoms with van der Waals surface area (Å²) in [4.78, 5) is 14.3. The summed E-state index contributed by atoms with van der Waals surface area (Å²) >= 11 is 0. The average Bonchev–Trinajstić information content (AvgIpc) is 2.68. The van der Waals surface area contributed by atoms with E-state index in [1.54, 1.807) is 24.3 Å². The molecular formula is C11H10N2O4. The molecule has 0 aliphatic heterocycles. The fourth-order valence-corrected chi connectivity index (χ4v) is 1.39. The average molecular weight is 234 g/mol. The molecule has 0 atom stereocenters. The maximum absolute atomic E-state index is 10.4. The first-order chi connectivity index (χ1) is 8.15. The maximum atomic E-state index is 10.4. The van der Waals surface area contributed by atoms with Gasteiger partial charge < -0.3 is 14.7 Å². The number of aromatic nitrogens is 2. The van der Waals surface area contributed by atoms with Gasteiger partial charge in [-0.15, -0.1) is 0 Å². The van der Waals surface area contributed by atoms with Crippen molar-refractivity contribution in [1.29, 1.82) is 0 Å². The lowest BCUT2D eigenvalue weighted by molar-refractivity contribution is -0.136. The molecule has 0 aliphatic rings. The van der Waals surface area contributed by atoms with E-state index < -0.39 is 5.97 Å². The number of hydrogen-bond acceptors (Lipinski definition) is 5. The number of hydrogen-bond donors (Lipinski definition) is 2. The number of para-hydroxylation sites is 1. The molecule has 0 fully saturated rings. The number of carboxylic acid groups (broad SMARTS) is 1. The van der Waals surface area contributed by atoms with Gasteiger partial charge in [0.15, 0.2) is 5.82 Å². The molecule has 0 bridgehead atoms. The summed E-state index contributed by atoms with van der Waals surface area (Å²) in [5, 5.41) is 21.6. The van der Waals surface area contributed by atoms with Crippen LogP contribution in [0.15, 0.2) is 28.8 Å². The minimum absolute atomic E-state index is 0.128. The van der Waals surface area contributed by atoms with Crippen molar-refractivity contribution in [2.75, 3.05) is 0 Å². The van der Waals surface area contributed by atoms with Gasteiger partial charge in [0, 0.05) is 5.56 Å². The molecule has 0 amide bonds. The molecule has 2 aromatic rings. The first-order valence-electron chi connectivity index (χ1n) is 4.95. The number of benzene rings is 1. The predicted molar refractivity (Wildman–Crippen MR) is 56.6 cm³/mol. The minimum Gasteiger partial charge on any atom is -0.508 e. The molecule has 0 unspecified atom stereocenters. The van der Waals surface area contributed by atoms with E-state index in [9.17, 15) is 9.90 Å². The normalized spacial score (nSPS) is 10.4. The van der Waals surface area contributed by atoms with Crippen molar-refractivity contribution < 1.29 is 19.5 Å². The molecule has 6 heteroatoms. The van der Waals surface area contributed by atoms with Crippen LogP contribution in [0.5, 0.6) is 5.75 Å². The van der Waals surface area contributed by atoms with Crippen LogP contribution in [-0.4, -0.2) is 26.3 Å². The summed E-state index contributed by atoms with van der Waals surface area (Å²) in [5.74, 6) is -0.462. The van der Waals surface area contributed by atoms with E-state index in [1.165, 1.54) is 0 Å². The highest BCUT2D eigenvalue weighted by Gasteiger charge is 2.11. The number of rotatable bonds is 4. The van der Waals surface area contributed by atoms with Gasteiger partial charge in [0.25, 0.3) is 0 Å². The van der Waals surface area contributed by atoms with Gasteiger partial charge in [-0.25, -0.2) is 0 Å². The van der Waals surface area contributed by atoms with Crippen molar-refractivity contribution in [2.24, 2.45) is 0 Å². The van der Waals surface area contributed by atoms with Gasteiger partial charge in [-0.05, 0) is 6.07 Å². The van der Waals surface area contributed by atoms with Gasteiger partial charge in [0.1, 0.15) is 12.2 Å². The zero-order valence-corrected chi connectivity index (χ0v) is 8.83. The van der Waals surface area contributed by atoms with Crippen molar-refractivity contribution in [3.8, 4) is 5.75 Å². The highest BCUT2D eigenvalue weighted by molar-refractivity contribution is 5.68. The van der Waals surface area contributed by atoms with Gasteiger partial charge in [-0.3, -0.25) is 4.79 Å². The lowest BCUT2D eigenvalue weighted by atomic mass is 10.1. The molecule has 2 N–H and O–H groups in total. The second kappa shape index (κ2) is 4.65. The van der Waals surface area contributed by atoms with Crippen LogP contribution in [0.1, 0.15) is 17.3 Å². The molecule has 1 aromatic carbocycles. The molecular weight excluding hydrogens is 224 g/mol. The van der Waals surface area contributed by atoms with Crippen LogP contribution in [0.2, 0.25) is 0 Å². The van der Waals surface area contributed by atoms with E-state index in [0.29, 0.717) is 5.56 Å². The Balaban J connectivity index is 2.12. The number of carboxylic acids is 1. The number of aromatic hydroxyl groups is 1. The van der Waals surface area contributed by atoms with Crippen LogP contribution in [-0.2, 0) is 17.6 Å². The molecule has 0 spiro atoms. The van der Waals surface area contributed by atoms with Crippen LogP contribution >= 0.6 is 0 Å². The van der Waals surface area contributed by atoms with Gasteiger partial charge in [0.05, 0.1) is 6.42 Å². The van der Waals surface area contributed by atoms with Crippen molar-refractivity contribution in [3.05, 3.63) is 41.5 Å². The molecule has 0 saturated heterocycles. The maximum Gasteiger partial charge on any atom is 0.311 e. The van der Waals surface area contributed by atoms with Gasteiger partial charge in [-0.2, -0.15) is 4.98 Å². The number of nitrogens with zero attached hydrogens (tertiary/aromatic N) is 2. The summed E-state index contributed by atoms with van der Waals surface area (Å²) in [5.41, 5.74) is 0.651. The summed E-state index contributed by atoms with van der Waals surface area (Å²) < 4.78 is 4.89. The van der Waals surface area contributed by atoms with Crippen molar-refractivity contribution in [2.45, 2.75) is 12.8 Å². The monoisotopic (exact) mass is 234 g/mol. The van der Waals surface area contributed by atoms with E-state index >= 15 is 0 Å². The second-order valence-electron chi connectivity index (χ2n) is 3.48. The van der Waals surface area contributed by atoms with Gasteiger partial charge in [0.2, 0.25) is 5.89 Å². The number of phenols is 1. The highest BCUT2D eigenvalue weighted by atomic mass is 16.5. The molecule has 2 rings (SSSR count). The topological polar surface area (TPSA) is 96.5 Å². The van der Waals surface area contributed by atoms with E-state index in [0.717, 1.165) is 0 Å². The largest absolute Gasteiger partial charge is 0.508 e. The van der Waals surface area contributed by atoms with Crippen LogP contribution in [0, 0.1) is 0 Å². The Bertz CT molecular complexity index is 536. The van der Waals surface area contributed by atoms with Crippen LogP contribution in [0.25, 0.3) is 0 Å². The lowest BCUT2D eigenvalue weighted by Crippen LogP contribution is -2.01. The van der Waals surface area contributed by atoms with Crippen LogP contribution in [0.3, 0.4) is 0 Å².